The van der Waals surface area contributed by atoms with E-state index in [4.69, 9.17) is 46.4 Å². The van der Waals surface area contributed by atoms with Crippen LogP contribution in [-0.4, -0.2) is 24.6 Å². The van der Waals surface area contributed by atoms with E-state index in [0.717, 1.165) is 35.7 Å². The summed E-state index contributed by atoms with van der Waals surface area (Å²) in [5.74, 6) is 2.03. The largest absolute Gasteiger partial charge is 0.312 e. The van der Waals surface area contributed by atoms with Gasteiger partial charge in [0.1, 0.15) is 0 Å². The van der Waals surface area contributed by atoms with Gasteiger partial charge in [0.2, 0.25) is 0 Å². The van der Waals surface area contributed by atoms with Gasteiger partial charge in [-0.3, -0.25) is 0 Å². The third-order valence-corrected chi connectivity index (χ3v) is 7.36. The summed E-state index contributed by atoms with van der Waals surface area (Å²) >= 11 is 24.6. The van der Waals surface area contributed by atoms with E-state index in [9.17, 15) is 0 Å². The van der Waals surface area contributed by atoms with Gasteiger partial charge in [-0.2, -0.15) is 0 Å². The molecule has 2 aromatic carbocycles. The molecule has 0 radical (unpaired) electrons. The fourth-order valence-corrected chi connectivity index (χ4v) is 5.14. The highest BCUT2D eigenvalue weighted by molar-refractivity contribution is 8.76. The molecular weight excluding hydrogens is 450 g/mol. The Labute approximate surface area is 183 Å². The third-order valence-electron chi connectivity index (χ3n) is 3.53. The second kappa shape index (κ2) is 12.6. The van der Waals surface area contributed by atoms with E-state index < -0.39 is 0 Å². The van der Waals surface area contributed by atoms with Crippen molar-refractivity contribution in [2.75, 3.05) is 24.6 Å². The number of halogens is 4. The maximum Gasteiger partial charge on any atom is 0.0465 e. The molecule has 142 valence electrons. The summed E-state index contributed by atoms with van der Waals surface area (Å²) in [6, 6.07) is 11.1. The van der Waals surface area contributed by atoms with Crippen molar-refractivity contribution in [3.05, 3.63) is 67.6 Å². The number of hydrogen-bond donors (Lipinski definition) is 2. The summed E-state index contributed by atoms with van der Waals surface area (Å²) in [5.41, 5.74) is 1.91. The van der Waals surface area contributed by atoms with Crippen molar-refractivity contribution < 1.29 is 0 Å². The predicted molar refractivity (Wildman–Crippen MR) is 121 cm³/mol. The van der Waals surface area contributed by atoms with Crippen LogP contribution in [0.2, 0.25) is 20.1 Å². The Balaban J connectivity index is 1.50. The molecule has 2 aromatic rings. The average molecular weight is 470 g/mol. The zero-order valence-corrected chi connectivity index (χ0v) is 18.7. The molecule has 0 unspecified atom stereocenters. The first-order chi connectivity index (χ1) is 12.6. The second-order valence-corrected chi connectivity index (χ2v) is 9.73. The van der Waals surface area contributed by atoms with Gasteiger partial charge < -0.3 is 10.6 Å². The molecule has 0 aliphatic rings. The van der Waals surface area contributed by atoms with Crippen LogP contribution in [0.3, 0.4) is 0 Å². The summed E-state index contributed by atoms with van der Waals surface area (Å²) in [5, 5.41) is 9.56. The van der Waals surface area contributed by atoms with Gasteiger partial charge in [-0.05, 0) is 24.3 Å². The zero-order chi connectivity index (χ0) is 18.8. The Morgan fingerprint density at radius 3 is 1.31 bits per heavy atom. The lowest BCUT2D eigenvalue weighted by Crippen LogP contribution is -2.18. The van der Waals surface area contributed by atoms with E-state index in [1.165, 1.54) is 0 Å². The van der Waals surface area contributed by atoms with Crippen LogP contribution in [0.5, 0.6) is 0 Å². The number of benzene rings is 2. The van der Waals surface area contributed by atoms with Gasteiger partial charge in [0.15, 0.2) is 0 Å². The van der Waals surface area contributed by atoms with Crippen molar-refractivity contribution in [2.45, 2.75) is 13.1 Å². The third kappa shape index (κ3) is 7.69. The Kier molecular flexibility index (Phi) is 10.9. The average Bonchev–Trinajstić information content (AvgIpc) is 2.61. The Hall–Kier alpha value is 0.220. The topological polar surface area (TPSA) is 24.1 Å². The van der Waals surface area contributed by atoms with Crippen LogP contribution in [0, 0.1) is 0 Å². The second-order valence-electron chi connectivity index (χ2n) is 5.40. The van der Waals surface area contributed by atoms with Gasteiger partial charge in [0, 0.05) is 68.9 Å². The zero-order valence-electron chi connectivity index (χ0n) is 14.0. The monoisotopic (exact) mass is 468 g/mol. The standard InChI is InChI=1S/C18H20Cl4N2S2/c19-15-3-1-4-16(20)13(15)11-23-7-9-25-26-10-8-24-12-14-17(21)5-2-6-18(14)22/h1-6,23-24H,7-12H2. The molecule has 0 spiro atoms. The van der Waals surface area contributed by atoms with Gasteiger partial charge in [0.25, 0.3) is 0 Å². The van der Waals surface area contributed by atoms with Crippen LogP contribution in [0.1, 0.15) is 11.1 Å². The minimum Gasteiger partial charge on any atom is -0.312 e. The summed E-state index contributed by atoms with van der Waals surface area (Å²) in [7, 11) is 3.69. The fraction of sp³-hybridized carbons (Fsp3) is 0.333. The lowest BCUT2D eigenvalue weighted by Gasteiger charge is -2.09. The molecule has 0 atom stereocenters. The molecular formula is C18H20Cl4N2S2. The Morgan fingerprint density at radius 1 is 0.615 bits per heavy atom. The number of hydrogen-bond acceptors (Lipinski definition) is 4. The summed E-state index contributed by atoms with van der Waals surface area (Å²) < 4.78 is 0. The van der Waals surface area contributed by atoms with Crippen LogP contribution in [-0.2, 0) is 13.1 Å². The number of rotatable bonds is 11. The van der Waals surface area contributed by atoms with Crippen molar-refractivity contribution in [1.29, 1.82) is 0 Å². The normalized spacial score (nSPS) is 11.1. The SMILES string of the molecule is Clc1cccc(Cl)c1CNCCSSCCNCc1c(Cl)cccc1Cl. The molecule has 2 nitrogen and oxygen atoms in total. The molecule has 0 fully saturated rings. The molecule has 0 bridgehead atoms. The van der Waals surface area contributed by atoms with Gasteiger partial charge >= 0.3 is 0 Å². The fourth-order valence-electron chi connectivity index (χ4n) is 2.17. The van der Waals surface area contributed by atoms with Crippen molar-refractivity contribution in [2.24, 2.45) is 0 Å². The first-order valence-electron chi connectivity index (χ1n) is 8.11. The highest BCUT2D eigenvalue weighted by Gasteiger charge is 2.05. The van der Waals surface area contributed by atoms with Crippen LogP contribution < -0.4 is 10.6 Å². The molecule has 26 heavy (non-hydrogen) atoms. The van der Waals surface area contributed by atoms with Gasteiger partial charge in [-0.25, -0.2) is 0 Å². The van der Waals surface area contributed by atoms with Crippen molar-refractivity contribution in [3.63, 3.8) is 0 Å². The van der Waals surface area contributed by atoms with Crippen LogP contribution in [0.4, 0.5) is 0 Å². The predicted octanol–water partition coefficient (Wildman–Crippen LogP) is 6.56. The van der Waals surface area contributed by atoms with Crippen molar-refractivity contribution >= 4 is 68.0 Å². The van der Waals surface area contributed by atoms with E-state index in [1.807, 2.05) is 58.0 Å². The Bertz CT molecular complexity index is 601. The van der Waals surface area contributed by atoms with Crippen LogP contribution >= 0.6 is 68.0 Å². The molecule has 0 heterocycles. The smallest absolute Gasteiger partial charge is 0.0465 e. The van der Waals surface area contributed by atoms with Gasteiger partial charge in [-0.15, -0.1) is 0 Å². The number of nitrogens with one attached hydrogen (secondary N) is 2. The molecule has 2 N–H and O–H groups in total. The van der Waals surface area contributed by atoms with Gasteiger partial charge in [-0.1, -0.05) is 80.1 Å². The molecule has 0 aliphatic heterocycles. The minimum atomic E-state index is 0.684. The van der Waals surface area contributed by atoms with E-state index >= 15 is 0 Å². The molecule has 2 rings (SSSR count). The molecule has 0 aromatic heterocycles. The first-order valence-corrected chi connectivity index (χ1v) is 12.1. The van der Waals surface area contributed by atoms with Crippen molar-refractivity contribution in [3.8, 4) is 0 Å². The molecule has 0 saturated carbocycles. The van der Waals surface area contributed by atoms with Crippen molar-refractivity contribution in [1.82, 2.24) is 10.6 Å². The summed E-state index contributed by atoms with van der Waals surface area (Å²) in [6.07, 6.45) is 0. The van der Waals surface area contributed by atoms with E-state index in [1.54, 1.807) is 0 Å². The maximum absolute atomic E-state index is 6.15. The van der Waals surface area contributed by atoms with E-state index in [-0.39, 0.29) is 0 Å². The maximum atomic E-state index is 6.15. The van der Waals surface area contributed by atoms with E-state index in [0.29, 0.717) is 33.2 Å². The Morgan fingerprint density at radius 2 is 0.962 bits per heavy atom. The quantitative estimate of drug-likeness (QED) is 0.287. The molecule has 0 amide bonds. The van der Waals surface area contributed by atoms with Crippen LogP contribution in [0.25, 0.3) is 0 Å². The molecule has 0 saturated heterocycles. The molecule has 8 heteroatoms. The van der Waals surface area contributed by atoms with E-state index in [2.05, 4.69) is 10.6 Å². The summed E-state index contributed by atoms with van der Waals surface area (Å²) in [4.78, 5) is 0. The highest BCUT2D eigenvalue weighted by atomic mass is 35.5. The lowest BCUT2D eigenvalue weighted by molar-refractivity contribution is 0.732. The summed E-state index contributed by atoms with van der Waals surface area (Å²) in [6.45, 7) is 3.18. The first kappa shape index (κ1) is 22.5. The molecule has 0 aliphatic carbocycles. The minimum absolute atomic E-state index is 0.684. The lowest BCUT2D eigenvalue weighted by atomic mass is 10.2. The van der Waals surface area contributed by atoms with Gasteiger partial charge in [0.05, 0.1) is 0 Å². The highest BCUT2D eigenvalue weighted by Crippen LogP contribution is 2.25. The van der Waals surface area contributed by atoms with Crippen LogP contribution in [0.15, 0.2) is 36.4 Å².